The number of aryl methyl sites for hydroxylation is 2. The first-order chi connectivity index (χ1) is 17.0. The molecule has 0 radical (unpaired) electrons. The number of rotatable bonds is 5. The normalized spacial score (nSPS) is 12.0. The van der Waals surface area contributed by atoms with Crippen LogP contribution in [0.15, 0.2) is 42.7 Å². The smallest absolute Gasteiger partial charge is 0.413 e. The van der Waals surface area contributed by atoms with Gasteiger partial charge in [-0.1, -0.05) is 11.3 Å². The molecule has 0 saturated carbocycles. The van der Waals surface area contributed by atoms with Gasteiger partial charge in [0, 0.05) is 29.1 Å². The number of amides is 2. The zero-order chi connectivity index (χ0) is 24.5. The van der Waals surface area contributed by atoms with E-state index in [4.69, 9.17) is 14.7 Å². The number of methoxy groups -OCH3 is 1. The molecule has 10 nitrogen and oxygen atoms in total. The van der Waals surface area contributed by atoms with E-state index < -0.39 is 6.09 Å². The molecule has 0 aliphatic heterocycles. The number of aromatic nitrogens is 4. The summed E-state index contributed by atoms with van der Waals surface area (Å²) in [5.74, 6) is -0.330. The van der Waals surface area contributed by atoms with Crippen LogP contribution in [0.25, 0.3) is 27.5 Å². The molecule has 0 unspecified atom stereocenters. The highest BCUT2D eigenvalue weighted by molar-refractivity contribution is 7.19. The molecule has 0 saturated heterocycles. The molecule has 178 valence electrons. The fourth-order valence-corrected chi connectivity index (χ4v) is 5.21. The van der Waals surface area contributed by atoms with Crippen LogP contribution in [0.3, 0.4) is 0 Å². The van der Waals surface area contributed by atoms with Crippen LogP contribution in [0.1, 0.15) is 27.2 Å². The fraction of sp³-hybridized carbons (Fsp3) is 0.208. The molecule has 11 heteroatoms. The van der Waals surface area contributed by atoms with Crippen LogP contribution < -0.4 is 10.8 Å². The molecule has 1 aliphatic carbocycles. The zero-order valence-electron chi connectivity index (χ0n) is 19.3. The third kappa shape index (κ3) is 4.15. The molecule has 0 atom stereocenters. The lowest BCUT2D eigenvalue weighted by atomic mass is 9.95. The van der Waals surface area contributed by atoms with Crippen LogP contribution in [-0.2, 0) is 22.4 Å². The average molecular weight is 491 g/mol. The van der Waals surface area contributed by atoms with Gasteiger partial charge in [-0.3, -0.25) is 19.9 Å². The summed E-state index contributed by atoms with van der Waals surface area (Å²) in [6, 6.07) is 9.26. The van der Waals surface area contributed by atoms with Crippen molar-refractivity contribution in [2.24, 2.45) is 0 Å². The van der Waals surface area contributed by atoms with E-state index in [1.165, 1.54) is 25.6 Å². The SMILES string of the molecule is CONC(=O)c1ccc(-n2nc(-c3cccnc3)c3c2-c2sc(NC(=O)OC)nc2CC3)c(C)c1. The number of nitrogens with zero attached hydrogens (tertiary/aromatic N) is 4. The Bertz CT molecular complexity index is 1430. The molecule has 0 bridgehead atoms. The molecular weight excluding hydrogens is 468 g/mol. The van der Waals surface area contributed by atoms with Crippen LogP contribution in [0.4, 0.5) is 9.93 Å². The van der Waals surface area contributed by atoms with Gasteiger partial charge in [0.15, 0.2) is 5.13 Å². The van der Waals surface area contributed by atoms with Crippen molar-refractivity contribution in [2.45, 2.75) is 19.8 Å². The number of hydroxylamine groups is 1. The van der Waals surface area contributed by atoms with Gasteiger partial charge < -0.3 is 4.74 Å². The first-order valence-corrected chi connectivity index (χ1v) is 11.6. The van der Waals surface area contributed by atoms with E-state index >= 15 is 0 Å². The number of carbonyl (C=O) groups excluding carboxylic acids is 2. The topological polar surface area (TPSA) is 120 Å². The molecule has 35 heavy (non-hydrogen) atoms. The second-order valence-electron chi connectivity index (χ2n) is 7.88. The summed E-state index contributed by atoms with van der Waals surface area (Å²) in [5.41, 5.74) is 9.15. The number of hydrogen-bond donors (Lipinski definition) is 2. The Labute approximate surface area is 204 Å². The third-order valence-electron chi connectivity index (χ3n) is 5.72. The molecule has 2 amide bonds. The number of pyridine rings is 1. The van der Waals surface area contributed by atoms with Crippen LogP contribution >= 0.6 is 11.3 Å². The predicted octanol–water partition coefficient (Wildman–Crippen LogP) is 3.93. The molecule has 0 spiro atoms. The molecule has 1 aliphatic rings. The Morgan fingerprint density at radius 3 is 2.74 bits per heavy atom. The Morgan fingerprint density at radius 2 is 2.03 bits per heavy atom. The maximum Gasteiger partial charge on any atom is 0.413 e. The van der Waals surface area contributed by atoms with E-state index in [9.17, 15) is 9.59 Å². The standard InChI is InChI=1S/C24H22N6O4S/c1-13-11-14(22(31)29-34-3)6-9-18(13)30-20-16(19(28-30)15-5-4-10-25-12-15)7-8-17-21(20)35-23(26-17)27-24(32)33-2/h4-6,9-12H,7-8H2,1-3H3,(H,29,31)(H,26,27,32). The van der Waals surface area contributed by atoms with Crippen molar-refractivity contribution in [1.29, 1.82) is 0 Å². The number of anilines is 1. The van der Waals surface area contributed by atoms with E-state index in [0.29, 0.717) is 10.7 Å². The number of fused-ring (bicyclic) bond motifs is 3. The second-order valence-corrected chi connectivity index (χ2v) is 8.88. The Kier molecular flexibility index (Phi) is 6.01. The lowest BCUT2D eigenvalue weighted by molar-refractivity contribution is 0.0537. The summed E-state index contributed by atoms with van der Waals surface area (Å²) in [7, 11) is 2.71. The largest absolute Gasteiger partial charge is 0.453 e. The van der Waals surface area contributed by atoms with Gasteiger partial charge in [-0.25, -0.2) is 19.9 Å². The van der Waals surface area contributed by atoms with Crippen molar-refractivity contribution >= 4 is 28.5 Å². The Balaban J connectivity index is 1.68. The molecular formula is C24H22N6O4S. The van der Waals surface area contributed by atoms with Crippen molar-refractivity contribution in [3.8, 4) is 27.5 Å². The van der Waals surface area contributed by atoms with Crippen molar-refractivity contribution in [3.05, 3.63) is 65.1 Å². The highest BCUT2D eigenvalue weighted by atomic mass is 32.1. The zero-order valence-corrected chi connectivity index (χ0v) is 20.1. The van der Waals surface area contributed by atoms with Crippen LogP contribution in [0.2, 0.25) is 0 Å². The molecule has 2 N–H and O–H groups in total. The van der Waals surface area contributed by atoms with Crippen molar-refractivity contribution < 1.29 is 19.2 Å². The number of thiazole rings is 1. The summed E-state index contributed by atoms with van der Waals surface area (Å²) >= 11 is 1.38. The summed E-state index contributed by atoms with van der Waals surface area (Å²) < 4.78 is 6.62. The van der Waals surface area contributed by atoms with Gasteiger partial charge in [0.2, 0.25) is 0 Å². The number of nitrogens with one attached hydrogen (secondary N) is 2. The van der Waals surface area contributed by atoms with Gasteiger partial charge in [-0.2, -0.15) is 5.10 Å². The van der Waals surface area contributed by atoms with Crippen LogP contribution in [0.5, 0.6) is 0 Å². The quantitative estimate of drug-likeness (QED) is 0.407. The molecule has 1 aromatic carbocycles. The lowest BCUT2D eigenvalue weighted by Crippen LogP contribution is -2.22. The maximum absolute atomic E-state index is 12.2. The maximum atomic E-state index is 12.2. The van der Waals surface area contributed by atoms with E-state index in [1.54, 1.807) is 24.5 Å². The molecule has 4 aromatic rings. The number of hydrogen-bond acceptors (Lipinski definition) is 8. The Morgan fingerprint density at radius 1 is 1.17 bits per heavy atom. The molecule has 5 rings (SSSR count). The summed E-state index contributed by atoms with van der Waals surface area (Å²) in [5, 5.41) is 8.14. The van der Waals surface area contributed by atoms with E-state index in [1.807, 2.05) is 29.8 Å². The number of benzene rings is 1. The monoisotopic (exact) mass is 490 g/mol. The van der Waals surface area contributed by atoms with Crippen molar-refractivity contribution in [2.75, 3.05) is 19.5 Å². The summed E-state index contributed by atoms with van der Waals surface area (Å²) in [6.45, 7) is 1.93. The molecule has 3 aromatic heterocycles. The highest BCUT2D eigenvalue weighted by Crippen LogP contribution is 2.44. The predicted molar refractivity (Wildman–Crippen MR) is 131 cm³/mol. The average Bonchev–Trinajstić information content (AvgIpc) is 3.45. The molecule has 3 heterocycles. The van der Waals surface area contributed by atoms with Gasteiger partial charge >= 0.3 is 6.09 Å². The van der Waals surface area contributed by atoms with E-state index in [0.717, 1.165) is 57.2 Å². The van der Waals surface area contributed by atoms with E-state index in [-0.39, 0.29) is 5.91 Å². The highest BCUT2D eigenvalue weighted by Gasteiger charge is 2.30. The van der Waals surface area contributed by atoms with Crippen molar-refractivity contribution in [1.82, 2.24) is 25.2 Å². The van der Waals surface area contributed by atoms with Gasteiger partial charge in [0.05, 0.1) is 41.9 Å². The number of carbonyl (C=O) groups is 2. The Hall–Kier alpha value is -4.09. The second kappa shape index (κ2) is 9.28. The summed E-state index contributed by atoms with van der Waals surface area (Å²) in [4.78, 5) is 38.6. The first-order valence-electron chi connectivity index (χ1n) is 10.8. The van der Waals surface area contributed by atoms with Crippen LogP contribution in [0, 0.1) is 6.92 Å². The minimum Gasteiger partial charge on any atom is -0.453 e. The van der Waals surface area contributed by atoms with Crippen LogP contribution in [-0.4, -0.2) is 46.0 Å². The van der Waals surface area contributed by atoms with Crippen molar-refractivity contribution in [3.63, 3.8) is 0 Å². The minimum absolute atomic E-state index is 0.330. The van der Waals surface area contributed by atoms with E-state index in [2.05, 4.69) is 20.8 Å². The van der Waals surface area contributed by atoms with Gasteiger partial charge in [0.1, 0.15) is 0 Å². The summed E-state index contributed by atoms with van der Waals surface area (Å²) in [6.07, 6.45) is 4.41. The fourth-order valence-electron chi connectivity index (χ4n) is 4.16. The van der Waals surface area contributed by atoms with Gasteiger partial charge in [0.25, 0.3) is 5.91 Å². The number of ether oxygens (including phenoxy) is 1. The third-order valence-corrected chi connectivity index (χ3v) is 6.74. The molecule has 0 fully saturated rings. The first kappa shape index (κ1) is 22.7. The minimum atomic E-state index is -0.568. The van der Waals surface area contributed by atoms with Gasteiger partial charge in [-0.15, -0.1) is 0 Å². The van der Waals surface area contributed by atoms with Gasteiger partial charge in [-0.05, 0) is 55.7 Å². The lowest BCUT2D eigenvalue weighted by Gasteiger charge is -2.15.